The predicted molar refractivity (Wildman–Crippen MR) is 98.0 cm³/mol. The Labute approximate surface area is 174 Å². The van der Waals surface area contributed by atoms with E-state index in [1.54, 1.807) is 30.3 Å². The first-order valence-corrected chi connectivity index (χ1v) is 9.90. The summed E-state index contributed by atoms with van der Waals surface area (Å²) in [5.74, 6) is -3.64. The minimum absolute atomic E-state index is 0.000214. The number of hydrogen-bond donors (Lipinski definition) is 1. The molecule has 3 rings (SSSR count). The van der Waals surface area contributed by atoms with Gasteiger partial charge in [-0.1, -0.05) is 24.6 Å². The molecule has 0 aromatic heterocycles. The Kier molecular flexibility index (Phi) is 6.43. The first-order valence-electron chi connectivity index (χ1n) is 9.90. The smallest absolute Gasteiger partial charge is 0.448 e. The van der Waals surface area contributed by atoms with Gasteiger partial charge in [-0.25, -0.2) is 4.79 Å². The maximum atomic E-state index is 13.1. The van der Waals surface area contributed by atoms with Crippen molar-refractivity contribution in [1.82, 2.24) is 4.90 Å². The number of rotatable bonds is 4. The Morgan fingerprint density at radius 3 is 2.35 bits per heavy atom. The Balaban J connectivity index is 1.97. The maximum absolute atomic E-state index is 13.1. The molecule has 172 valence electrons. The van der Waals surface area contributed by atoms with Crippen LogP contribution in [-0.4, -0.2) is 53.4 Å². The molecular weight excluding hydrogens is 430 g/mol. The molecule has 2 aliphatic rings. The number of ether oxygens (including phenoxy) is 1. The van der Waals surface area contributed by atoms with Crippen LogP contribution in [0.3, 0.4) is 0 Å². The summed E-state index contributed by atoms with van der Waals surface area (Å²) in [5.41, 5.74) is -1.23. The zero-order chi connectivity index (χ0) is 22.9. The van der Waals surface area contributed by atoms with Gasteiger partial charge >= 0.3 is 18.3 Å². The molecule has 0 spiro atoms. The van der Waals surface area contributed by atoms with E-state index in [1.165, 1.54) is 0 Å². The molecule has 1 saturated carbocycles. The average molecular weight is 452 g/mol. The number of piperidine rings is 1. The quantitative estimate of drug-likeness (QED) is 0.542. The van der Waals surface area contributed by atoms with Gasteiger partial charge in [0.05, 0.1) is 12.1 Å². The highest BCUT2D eigenvalue weighted by atomic mass is 19.4. The van der Waals surface area contributed by atoms with Crippen LogP contribution in [-0.2, 0) is 14.3 Å². The van der Waals surface area contributed by atoms with Gasteiger partial charge < -0.3 is 15.0 Å². The summed E-state index contributed by atoms with van der Waals surface area (Å²) in [4.78, 5) is 25.2. The standard InChI is InChI=1S/C20H22F6N2O3/c21-19(22,23)12-16(29)28-11-9-14(27-13-6-2-1-3-7-13)18(10-5-4-8-15(18)28)31-17(30)20(24,25)26/h1-3,6-7,14-15,27H,4-5,8-12H2/t14?,15-,18-/m0/s1. The second-order valence-electron chi connectivity index (χ2n) is 7.83. The highest BCUT2D eigenvalue weighted by Crippen LogP contribution is 2.44. The number of esters is 1. The van der Waals surface area contributed by atoms with Gasteiger partial charge in [0.15, 0.2) is 5.60 Å². The summed E-state index contributed by atoms with van der Waals surface area (Å²) in [5, 5.41) is 3.08. The number of para-hydroxylation sites is 1. The van der Waals surface area contributed by atoms with Crippen LogP contribution in [0.15, 0.2) is 30.3 Å². The first kappa shape index (κ1) is 23.2. The van der Waals surface area contributed by atoms with Crippen LogP contribution in [0.25, 0.3) is 0 Å². The molecule has 1 aliphatic heterocycles. The lowest BCUT2D eigenvalue weighted by molar-refractivity contribution is -0.230. The molecule has 0 bridgehead atoms. The van der Waals surface area contributed by atoms with E-state index < -0.39 is 48.3 Å². The number of amides is 1. The normalized spacial score (nSPS) is 26.7. The summed E-state index contributed by atoms with van der Waals surface area (Å²) in [6.45, 7) is -0.0879. The molecule has 1 N–H and O–H groups in total. The number of halogens is 6. The van der Waals surface area contributed by atoms with Gasteiger partial charge in [0.25, 0.3) is 0 Å². The molecule has 1 heterocycles. The van der Waals surface area contributed by atoms with Gasteiger partial charge in [-0.2, -0.15) is 26.3 Å². The summed E-state index contributed by atoms with van der Waals surface area (Å²) < 4.78 is 82.7. The minimum Gasteiger partial charge on any atom is -0.448 e. The fourth-order valence-electron chi connectivity index (χ4n) is 4.57. The second-order valence-corrected chi connectivity index (χ2v) is 7.83. The van der Waals surface area contributed by atoms with Gasteiger partial charge in [0.1, 0.15) is 6.42 Å². The highest BCUT2D eigenvalue weighted by Gasteiger charge is 2.59. The third-order valence-corrected chi connectivity index (χ3v) is 5.78. The van der Waals surface area contributed by atoms with Crippen molar-refractivity contribution in [2.24, 2.45) is 0 Å². The van der Waals surface area contributed by atoms with Crippen molar-refractivity contribution in [3.05, 3.63) is 30.3 Å². The number of anilines is 1. The predicted octanol–water partition coefficient (Wildman–Crippen LogP) is 4.44. The zero-order valence-corrected chi connectivity index (χ0v) is 16.4. The number of likely N-dealkylation sites (tertiary alicyclic amines) is 1. The van der Waals surface area contributed by atoms with Gasteiger partial charge in [-0.05, 0) is 37.8 Å². The number of nitrogens with zero attached hydrogens (tertiary/aromatic N) is 1. The van der Waals surface area contributed by atoms with Crippen molar-refractivity contribution in [3.63, 3.8) is 0 Å². The SMILES string of the molecule is O=C(CC(F)(F)F)N1CCC(Nc2ccccc2)[C@@]2(OC(=O)C(F)(F)F)CCCC[C@H]12. The van der Waals surface area contributed by atoms with E-state index in [9.17, 15) is 35.9 Å². The van der Waals surface area contributed by atoms with Crippen molar-refractivity contribution in [2.45, 2.75) is 68.6 Å². The minimum atomic E-state index is -5.27. The number of benzene rings is 1. The number of carbonyl (C=O) groups is 2. The molecule has 2 fully saturated rings. The Bertz CT molecular complexity index is 798. The van der Waals surface area contributed by atoms with Crippen LogP contribution in [0.2, 0.25) is 0 Å². The van der Waals surface area contributed by atoms with Gasteiger partial charge in [0, 0.05) is 12.2 Å². The monoisotopic (exact) mass is 452 g/mol. The highest BCUT2D eigenvalue weighted by molar-refractivity contribution is 5.79. The first-order chi connectivity index (χ1) is 14.4. The van der Waals surface area contributed by atoms with Gasteiger partial charge in [-0.15, -0.1) is 0 Å². The number of nitrogens with one attached hydrogen (secondary N) is 1. The van der Waals surface area contributed by atoms with E-state index in [1.807, 2.05) is 0 Å². The van der Waals surface area contributed by atoms with E-state index in [4.69, 9.17) is 4.74 Å². The van der Waals surface area contributed by atoms with Crippen LogP contribution in [0.4, 0.5) is 32.0 Å². The number of alkyl halides is 6. The molecule has 1 aromatic carbocycles. The molecule has 11 heteroatoms. The molecular formula is C20H22F6N2O3. The Morgan fingerprint density at radius 1 is 1.06 bits per heavy atom. The van der Waals surface area contributed by atoms with Crippen molar-refractivity contribution >= 4 is 17.6 Å². The van der Waals surface area contributed by atoms with E-state index >= 15 is 0 Å². The molecule has 1 aromatic rings. The zero-order valence-electron chi connectivity index (χ0n) is 16.4. The van der Waals surface area contributed by atoms with Crippen LogP contribution < -0.4 is 5.32 Å². The van der Waals surface area contributed by atoms with Crippen molar-refractivity contribution in [3.8, 4) is 0 Å². The lowest BCUT2D eigenvalue weighted by Gasteiger charge is -2.55. The lowest BCUT2D eigenvalue weighted by Crippen LogP contribution is -2.70. The maximum Gasteiger partial charge on any atom is 0.490 e. The molecule has 3 atom stereocenters. The molecule has 1 unspecified atom stereocenters. The van der Waals surface area contributed by atoms with Crippen LogP contribution >= 0.6 is 0 Å². The van der Waals surface area contributed by atoms with E-state index in [0.717, 1.165) is 4.90 Å². The van der Waals surface area contributed by atoms with E-state index in [0.29, 0.717) is 18.5 Å². The van der Waals surface area contributed by atoms with Crippen LogP contribution in [0.5, 0.6) is 0 Å². The van der Waals surface area contributed by atoms with Gasteiger partial charge in [-0.3, -0.25) is 4.79 Å². The topological polar surface area (TPSA) is 58.6 Å². The summed E-state index contributed by atoms with van der Waals surface area (Å²) in [6.07, 6.45) is -10.7. The molecule has 0 radical (unpaired) electrons. The largest absolute Gasteiger partial charge is 0.490 e. The van der Waals surface area contributed by atoms with Crippen molar-refractivity contribution < 1.29 is 40.7 Å². The molecule has 1 saturated heterocycles. The Morgan fingerprint density at radius 2 is 1.74 bits per heavy atom. The average Bonchev–Trinajstić information content (AvgIpc) is 2.67. The van der Waals surface area contributed by atoms with Crippen molar-refractivity contribution in [1.29, 1.82) is 0 Å². The molecule has 1 aliphatic carbocycles. The molecule has 1 amide bonds. The summed E-state index contributed by atoms with van der Waals surface area (Å²) in [7, 11) is 0. The number of carbonyl (C=O) groups excluding carboxylic acids is 2. The van der Waals surface area contributed by atoms with E-state index in [-0.39, 0.29) is 25.8 Å². The van der Waals surface area contributed by atoms with E-state index in [2.05, 4.69) is 5.32 Å². The summed E-state index contributed by atoms with van der Waals surface area (Å²) in [6, 6.07) is 6.62. The van der Waals surface area contributed by atoms with Crippen LogP contribution in [0.1, 0.15) is 38.5 Å². The lowest BCUT2D eigenvalue weighted by atomic mass is 9.70. The fraction of sp³-hybridized carbons (Fsp3) is 0.600. The molecule has 31 heavy (non-hydrogen) atoms. The third-order valence-electron chi connectivity index (χ3n) is 5.78. The number of fused-ring (bicyclic) bond motifs is 1. The van der Waals surface area contributed by atoms with Crippen LogP contribution in [0, 0.1) is 0 Å². The third kappa shape index (κ3) is 5.24. The van der Waals surface area contributed by atoms with Gasteiger partial charge in [0.2, 0.25) is 5.91 Å². The van der Waals surface area contributed by atoms with Crippen molar-refractivity contribution in [2.75, 3.05) is 11.9 Å². The summed E-state index contributed by atoms with van der Waals surface area (Å²) >= 11 is 0. The molecule has 5 nitrogen and oxygen atoms in total. The Hall–Kier alpha value is -2.46. The second kappa shape index (κ2) is 8.58. The number of hydrogen-bond acceptors (Lipinski definition) is 4. The fourth-order valence-corrected chi connectivity index (χ4v) is 4.57.